The predicted octanol–water partition coefficient (Wildman–Crippen LogP) is 10.3. The van der Waals surface area contributed by atoms with E-state index in [1.165, 1.54) is 0 Å². The van der Waals surface area contributed by atoms with Crippen molar-refractivity contribution in [3.8, 4) is 22.3 Å². The van der Waals surface area contributed by atoms with Crippen LogP contribution in [0.4, 0.5) is 23.4 Å². The third-order valence-electron chi connectivity index (χ3n) is 9.54. The fourth-order valence-electron chi connectivity index (χ4n) is 6.44. The van der Waals surface area contributed by atoms with Gasteiger partial charge in [0.25, 0.3) is 0 Å². The van der Waals surface area contributed by atoms with E-state index in [-0.39, 0.29) is 17.8 Å². The van der Waals surface area contributed by atoms with Gasteiger partial charge in [-0.3, -0.25) is 4.90 Å². The van der Waals surface area contributed by atoms with Crippen molar-refractivity contribution in [3.63, 3.8) is 0 Å². The summed E-state index contributed by atoms with van der Waals surface area (Å²) in [6.07, 6.45) is 3.88. The number of hydrogen-bond donors (Lipinski definition) is 0. The summed E-state index contributed by atoms with van der Waals surface area (Å²) in [4.78, 5) is 9.47. The van der Waals surface area contributed by atoms with Gasteiger partial charge in [0.1, 0.15) is 11.6 Å². The number of halogens is 4. The first kappa shape index (κ1) is 34.1. The smallest absolute Gasteiger partial charge is 0.194 e. The van der Waals surface area contributed by atoms with Gasteiger partial charge in [0, 0.05) is 42.7 Å². The number of anilines is 1. The first-order chi connectivity index (χ1) is 22.4. The molecule has 0 saturated carbocycles. The molecule has 47 heavy (non-hydrogen) atoms. The quantitative estimate of drug-likeness (QED) is 0.0872. The Morgan fingerprint density at radius 3 is 2.19 bits per heavy atom. The molecule has 4 aromatic rings. The lowest BCUT2D eigenvalue weighted by molar-refractivity contribution is 0.215. The van der Waals surface area contributed by atoms with Crippen molar-refractivity contribution in [2.24, 2.45) is 0 Å². The molecule has 1 aromatic heterocycles. The third-order valence-corrected chi connectivity index (χ3v) is 9.54. The fraction of sp³-hybridized carbons (Fsp3) is 0.325. The minimum Gasteiger partial charge on any atom is -0.356 e. The van der Waals surface area contributed by atoms with Crippen molar-refractivity contribution in [1.29, 1.82) is 0 Å². The topological polar surface area (TPSA) is 19.4 Å². The molecule has 0 N–H and O–H groups in total. The van der Waals surface area contributed by atoms with Crippen LogP contribution in [0.1, 0.15) is 67.5 Å². The van der Waals surface area contributed by atoms with Gasteiger partial charge < -0.3 is 4.90 Å². The van der Waals surface area contributed by atoms with Crippen molar-refractivity contribution in [3.05, 3.63) is 125 Å². The van der Waals surface area contributed by atoms with Gasteiger partial charge in [0.2, 0.25) is 0 Å². The van der Waals surface area contributed by atoms with Crippen LogP contribution in [-0.2, 0) is 13.0 Å². The molecule has 0 spiro atoms. The molecule has 5 rings (SSSR count). The molecule has 7 heteroatoms. The highest BCUT2D eigenvalue weighted by molar-refractivity contribution is 5.80. The summed E-state index contributed by atoms with van der Waals surface area (Å²) in [6.45, 7) is 18.1. The Hall–Kier alpha value is -4.23. The first-order valence-electron chi connectivity index (χ1n) is 16.2. The summed E-state index contributed by atoms with van der Waals surface area (Å²) >= 11 is 0. The highest BCUT2D eigenvalue weighted by atomic mass is 19.2. The summed E-state index contributed by atoms with van der Waals surface area (Å²) in [5, 5.41) is 0. The van der Waals surface area contributed by atoms with Crippen LogP contribution in [0.3, 0.4) is 0 Å². The lowest BCUT2D eigenvalue weighted by Crippen LogP contribution is -2.38. The molecule has 0 radical (unpaired) electrons. The SMILES string of the molecule is C=CCC(c1cc(F)c(F)c(F)c1)C(C)N(C)Cc1nc(N2CCC2)ccc1-c1cc(-c2ccc(C(=C)C)cc2C)c(F)cc1CC. The number of pyridine rings is 1. The van der Waals surface area contributed by atoms with Gasteiger partial charge in [-0.25, -0.2) is 22.5 Å². The van der Waals surface area contributed by atoms with E-state index in [9.17, 15) is 13.2 Å². The number of likely N-dealkylation sites (N-methyl/N-ethyl adjacent to an activating group) is 1. The molecule has 1 aliphatic rings. The summed E-state index contributed by atoms with van der Waals surface area (Å²) in [7, 11) is 1.95. The standard InChI is InChI=1S/C40H43F4N3/c1-8-11-31(29-20-36(42)40(44)37(43)21-29)26(6)46(7)23-38-32(14-15-39(45-38)47-16-10-17-47)33-22-34(35(41)19-27(33)9-2)30-13-12-28(24(3)4)18-25(30)5/h8,12-15,18-22,26,31H,1,3,9-11,16-17,23H2,2,4-7H3. The second-order valence-corrected chi connectivity index (χ2v) is 12.7. The van der Waals surface area contributed by atoms with Crippen molar-refractivity contribution in [1.82, 2.24) is 9.88 Å². The number of aryl methyl sites for hydroxylation is 2. The Morgan fingerprint density at radius 2 is 1.62 bits per heavy atom. The van der Waals surface area contributed by atoms with E-state index >= 15 is 4.39 Å². The maximum absolute atomic E-state index is 15.8. The number of aromatic nitrogens is 1. The zero-order valence-electron chi connectivity index (χ0n) is 27.9. The van der Waals surface area contributed by atoms with Crippen LogP contribution in [0.25, 0.3) is 27.8 Å². The summed E-state index contributed by atoms with van der Waals surface area (Å²) in [6, 6.07) is 15.6. The van der Waals surface area contributed by atoms with Crippen molar-refractivity contribution < 1.29 is 17.6 Å². The van der Waals surface area contributed by atoms with Crippen LogP contribution < -0.4 is 4.90 Å². The average molecular weight is 642 g/mol. The van der Waals surface area contributed by atoms with Gasteiger partial charge in [-0.2, -0.15) is 0 Å². The molecular weight excluding hydrogens is 598 g/mol. The zero-order valence-corrected chi connectivity index (χ0v) is 27.9. The molecule has 1 saturated heterocycles. The number of allylic oxidation sites excluding steroid dienone is 2. The third kappa shape index (κ3) is 7.05. The fourth-order valence-corrected chi connectivity index (χ4v) is 6.44. The van der Waals surface area contributed by atoms with Crippen LogP contribution in [-0.4, -0.2) is 36.1 Å². The normalized spacial score (nSPS) is 14.2. The molecule has 0 bridgehead atoms. The van der Waals surface area contributed by atoms with Crippen LogP contribution in [0.15, 0.2) is 73.8 Å². The number of nitrogens with zero attached hydrogens (tertiary/aromatic N) is 3. The molecule has 1 fully saturated rings. The molecular formula is C40H43F4N3. The van der Waals surface area contributed by atoms with Crippen molar-refractivity contribution in [2.75, 3.05) is 25.0 Å². The molecule has 1 aliphatic heterocycles. The monoisotopic (exact) mass is 641 g/mol. The summed E-state index contributed by atoms with van der Waals surface area (Å²) < 4.78 is 58.2. The molecule has 3 nitrogen and oxygen atoms in total. The molecule has 2 heterocycles. The summed E-state index contributed by atoms with van der Waals surface area (Å²) in [5.74, 6) is -3.64. The highest BCUT2D eigenvalue weighted by Gasteiger charge is 2.27. The minimum absolute atomic E-state index is 0.219. The van der Waals surface area contributed by atoms with E-state index in [0.29, 0.717) is 30.5 Å². The Morgan fingerprint density at radius 1 is 0.936 bits per heavy atom. The largest absolute Gasteiger partial charge is 0.356 e. The Bertz CT molecular complexity index is 1790. The maximum atomic E-state index is 15.8. The Labute approximate surface area is 276 Å². The lowest BCUT2D eigenvalue weighted by Gasteiger charge is -2.34. The van der Waals surface area contributed by atoms with E-state index in [4.69, 9.17) is 4.98 Å². The Kier molecular flexibility index (Phi) is 10.4. The van der Waals surface area contributed by atoms with E-state index in [1.54, 1.807) is 12.1 Å². The number of benzene rings is 3. The second kappa shape index (κ2) is 14.3. The van der Waals surface area contributed by atoms with Crippen molar-refractivity contribution in [2.45, 2.75) is 65.5 Å². The van der Waals surface area contributed by atoms with Crippen LogP contribution >= 0.6 is 0 Å². The van der Waals surface area contributed by atoms with Crippen LogP contribution in [0.5, 0.6) is 0 Å². The molecule has 3 aromatic carbocycles. The maximum Gasteiger partial charge on any atom is 0.194 e. The van der Waals surface area contributed by atoms with Gasteiger partial charge in [-0.05, 0) is 117 Å². The lowest BCUT2D eigenvalue weighted by atomic mass is 9.87. The van der Waals surface area contributed by atoms with E-state index in [2.05, 4.69) is 29.0 Å². The molecule has 0 amide bonds. The van der Waals surface area contributed by atoms with Crippen molar-refractivity contribution >= 4 is 11.4 Å². The number of hydrogen-bond acceptors (Lipinski definition) is 3. The first-order valence-corrected chi connectivity index (χ1v) is 16.2. The van der Waals surface area contributed by atoms with Gasteiger partial charge in [0.05, 0.1) is 5.69 Å². The van der Waals surface area contributed by atoms with Gasteiger partial charge in [0.15, 0.2) is 17.5 Å². The minimum atomic E-state index is -1.48. The molecule has 2 unspecified atom stereocenters. The van der Waals surface area contributed by atoms with Crippen LogP contribution in [0.2, 0.25) is 0 Å². The summed E-state index contributed by atoms with van der Waals surface area (Å²) in [5.41, 5.74) is 8.15. The number of rotatable bonds is 12. The van der Waals surface area contributed by atoms with Gasteiger partial charge in [-0.1, -0.05) is 43.4 Å². The van der Waals surface area contributed by atoms with E-state index < -0.39 is 17.5 Å². The van der Waals surface area contributed by atoms with Gasteiger partial charge in [-0.15, -0.1) is 6.58 Å². The average Bonchev–Trinajstić information content (AvgIpc) is 3.01. The molecule has 0 aliphatic carbocycles. The van der Waals surface area contributed by atoms with Crippen LogP contribution in [0, 0.1) is 30.2 Å². The van der Waals surface area contributed by atoms with E-state index in [1.807, 2.05) is 65.1 Å². The van der Waals surface area contributed by atoms with E-state index in [0.717, 1.165) is 82.1 Å². The highest BCUT2D eigenvalue weighted by Crippen LogP contribution is 2.38. The zero-order chi connectivity index (χ0) is 34.0. The second-order valence-electron chi connectivity index (χ2n) is 12.7. The predicted molar refractivity (Wildman–Crippen MR) is 186 cm³/mol. The Balaban J connectivity index is 1.58. The van der Waals surface area contributed by atoms with Gasteiger partial charge >= 0.3 is 0 Å². The molecule has 246 valence electrons. The molecule has 2 atom stereocenters.